The highest BCUT2D eigenvalue weighted by atomic mass is 16.5. The first kappa shape index (κ1) is 19.4. The van der Waals surface area contributed by atoms with E-state index in [-0.39, 0.29) is 11.8 Å². The van der Waals surface area contributed by atoms with Gasteiger partial charge in [-0.25, -0.2) is 0 Å². The van der Waals surface area contributed by atoms with Crippen molar-refractivity contribution in [2.24, 2.45) is 11.8 Å². The van der Waals surface area contributed by atoms with Crippen LogP contribution in [0.5, 0.6) is 5.75 Å². The number of pyridine rings is 1. The van der Waals surface area contributed by atoms with Crippen molar-refractivity contribution in [2.75, 3.05) is 33.8 Å². The molecule has 2 atom stereocenters. The van der Waals surface area contributed by atoms with Gasteiger partial charge >= 0.3 is 0 Å². The summed E-state index contributed by atoms with van der Waals surface area (Å²) in [4.78, 5) is 21.0. The van der Waals surface area contributed by atoms with Crippen LogP contribution in [-0.2, 0) is 11.3 Å². The number of benzene rings is 1. The van der Waals surface area contributed by atoms with Gasteiger partial charge in [0.1, 0.15) is 5.75 Å². The van der Waals surface area contributed by atoms with Gasteiger partial charge in [-0.15, -0.1) is 0 Å². The third-order valence-corrected chi connectivity index (χ3v) is 5.02. The van der Waals surface area contributed by atoms with Crippen molar-refractivity contribution in [2.45, 2.75) is 19.9 Å². The minimum Gasteiger partial charge on any atom is -0.492 e. The number of amides is 1. The molecule has 2 heterocycles. The maximum Gasteiger partial charge on any atom is 0.226 e. The van der Waals surface area contributed by atoms with Gasteiger partial charge in [-0.05, 0) is 31.0 Å². The summed E-state index contributed by atoms with van der Waals surface area (Å²) in [5, 5.41) is 0. The number of piperidine rings is 1. The molecule has 0 N–H and O–H groups in total. The first-order valence-corrected chi connectivity index (χ1v) is 9.54. The van der Waals surface area contributed by atoms with Crippen molar-refractivity contribution >= 4 is 5.91 Å². The first-order chi connectivity index (χ1) is 13.0. The number of rotatable bonds is 6. The lowest BCUT2D eigenvalue weighted by Crippen LogP contribution is -2.47. The summed E-state index contributed by atoms with van der Waals surface area (Å²) in [7, 11) is 3.67. The quantitative estimate of drug-likeness (QED) is 0.787. The highest BCUT2D eigenvalue weighted by Gasteiger charge is 2.32. The highest BCUT2D eigenvalue weighted by molar-refractivity contribution is 5.78. The molecule has 1 fully saturated rings. The van der Waals surface area contributed by atoms with Gasteiger partial charge in [-0.1, -0.05) is 30.3 Å². The summed E-state index contributed by atoms with van der Waals surface area (Å²) in [6, 6.07) is 14.3. The molecule has 0 saturated carbocycles. The fraction of sp³-hybridized carbons (Fsp3) is 0.455. The summed E-state index contributed by atoms with van der Waals surface area (Å²) in [6.07, 6.45) is 2.63. The van der Waals surface area contributed by atoms with E-state index in [1.165, 1.54) is 5.56 Å². The summed E-state index contributed by atoms with van der Waals surface area (Å²) in [6.45, 7) is 5.16. The van der Waals surface area contributed by atoms with Crippen molar-refractivity contribution in [1.82, 2.24) is 14.8 Å². The minimum absolute atomic E-state index is 0.0159. The molecule has 0 bridgehead atoms. The Morgan fingerprint density at radius 2 is 1.96 bits per heavy atom. The van der Waals surface area contributed by atoms with Crippen LogP contribution < -0.4 is 4.74 Å². The molecule has 0 spiro atoms. The van der Waals surface area contributed by atoms with E-state index in [2.05, 4.69) is 34.1 Å². The monoisotopic (exact) mass is 367 g/mol. The second-order valence-corrected chi connectivity index (χ2v) is 7.66. The van der Waals surface area contributed by atoms with Crippen LogP contribution in [0, 0.1) is 18.8 Å². The maximum atomic E-state index is 12.6. The molecule has 1 amide bonds. The van der Waals surface area contributed by atoms with Crippen LogP contribution in [0.25, 0.3) is 0 Å². The lowest BCUT2D eigenvalue weighted by Gasteiger charge is -2.38. The van der Waals surface area contributed by atoms with Gasteiger partial charge in [0.25, 0.3) is 0 Å². The highest BCUT2D eigenvalue weighted by Crippen LogP contribution is 2.25. The fourth-order valence-corrected chi connectivity index (χ4v) is 3.69. The number of carbonyl (C=O) groups excluding carboxylic acids is 1. The molecule has 5 nitrogen and oxygen atoms in total. The summed E-state index contributed by atoms with van der Waals surface area (Å²) < 4.78 is 5.97. The second kappa shape index (κ2) is 9.00. The molecule has 1 aromatic carbocycles. The second-order valence-electron chi connectivity index (χ2n) is 7.66. The molecule has 1 aromatic heterocycles. The Morgan fingerprint density at radius 3 is 2.63 bits per heavy atom. The fourth-order valence-electron chi connectivity index (χ4n) is 3.69. The Kier molecular flexibility index (Phi) is 6.45. The van der Waals surface area contributed by atoms with E-state index >= 15 is 0 Å². The predicted molar refractivity (Wildman–Crippen MR) is 106 cm³/mol. The van der Waals surface area contributed by atoms with E-state index in [0.717, 1.165) is 37.5 Å². The molecule has 1 saturated heterocycles. The Labute approximate surface area is 162 Å². The summed E-state index contributed by atoms with van der Waals surface area (Å²) >= 11 is 0. The van der Waals surface area contributed by atoms with Gasteiger partial charge in [0, 0.05) is 45.3 Å². The topological polar surface area (TPSA) is 45.7 Å². The van der Waals surface area contributed by atoms with Gasteiger partial charge in [-0.2, -0.15) is 0 Å². The van der Waals surface area contributed by atoms with Crippen LogP contribution in [0.3, 0.4) is 0 Å². The van der Waals surface area contributed by atoms with E-state index in [4.69, 9.17) is 4.74 Å². The predicted octanol–water partition coefficient (Wildman–Crippen LogP) is 3.00. The molecule has 0 unspecified atom stereocenters. The van der Waals surface area contributed by atoms with E-state index in [1.807, 2.05) is 39.2 Å². The molecule has 0 aliphatic carbocycles. The Bertz CT molecular complexity index is 731. The smallest absolute Gasteiger partial charge is 0.226 e. The molecule has 3 rings (SSSR count). The van der Waals surface area contributed by atoms with Crippen molar-refractivity contribution in [3.8, 4) is 5.75 Å². The number of hydrogen-bond acceptors (Lipinski definition) is 4. The number of nitrogens with zero attached hydrogens (tertiary/aromatic N) is 3. The van der Waals surface area contributed by atoms with Crippen LogP contribution in [0.1, 0.15) is 17.7 Å². The minimum atomic E-state index is 0.0159. The van der Waals surface area contributed by atoms with Crippen molar-refractivity contribution in [3.05, 3.63) is 59.9 Å². The van der Waals surface area contributed by atoms with Gasteiger partial charge in [-0.3, -0.25) is 14.7 Å². The van der Waals surface area contributed by atoms with Crippen LogP contribution in [0.4, 0.5) is 0 Å². The van der Waals surface area contributed by atoms with Crippen LogP contribution >= 0.6 is 0 Å². The Balaban J connectivity index is 1.65. The SMILES string of the molecule is Cc1ccc(OC[C@H]2C[C@@H](C(=O)N(C)C)CN(Cc3ccccc3)C2)cn1. The molecule has 1 aliphatic rings. The van der Waals surface area contributed by atoms with Crippen molar-refractivity contribution in [3.63, 3.8) is 0 Å². The molecule has 2 aromatic rings. The number of aryl methyl sites for hydroxylation is 1. The molecule has 5 heteroatoms. The zero-order chi connectivity index (χ0) is 19.2. The Morgan fingerprint density at radius 1 is 1.19 bits per heavy atom. The zero-order valence-electron chi connectivity index (χ0n) is 16.5. The summed E-state index contributed by atoms with van der Waals surface area (Å²) in [5.41, 5.74) is 2.25. The van der Waals surface area contributed by atoms with Gasteiger partial charge in [0.05, 0.1) is 18.7 Å². The van der Waals surface area contributed by atoms with E-state index in [1.54, 1.807) is 11.1 Å². The number of carbonyl (C=O) groups is 1. The van der Waals surface area contributed by atoms with E-state index in [0.29, 0.717) is 12.5 Å². The average Bonchev–Trinajstić information content (AvgIpc) is 2.67. The van der Waals surface area contributed by atoms with Crippen LogP contribution in [0.15, 0.2) is 48.7 Å². The largest absolute Gasteiger partial charge is 0.492 e. The standard InChI is InChI=1S/C22H29N3O2/c1-17-9-10-21(12-23-17)27-16-19-11-20(22(26)24(2)3)15-25(14-19)13-18-7-5-4-6-8-18/h4-10,12,19-20H,11,13-16H2,1-3H3/t19-,20+/m0/s1. The molecule has 0 radical (unpaired) electrons. The normalized spacial score (nSPS) is 20.3. The summed E-state index contributed by atoms with van der Waals surface area (Å²) in [5.74, 6) is 1.32. The number of ether oxygens (including phenoxy) is 1. The molecule has 144 valence electrons. The third kappa shape index (κ3) is 5.54. The lowest BCUT2D eigenvalue weighted by atomic mass is 9.88. The van der Waals surface area contributed by atoms with Gasteiger partial charge in [0.15, 0.2) is 0 Å². The molecular weight excluding hydrogens is 338 g/mol. The maximum absolute atomic E-state index is 12.6. The number of aromatic nitrogens is 1. The van der Waals surface area contributed by atoms with E-state index < -0.39 is 0 Å². The first-order valence-electron chi connectivity index (χ1n) is 9.54. The van der Waals surface area contributed by atoms with Crippen LogP contribution in [0.2, 0.25) is 0 Å². The lowest BCUT2D eigenvalue weighted by molar-refractivity contribution is -0.135. The molecule has 27 heavy (non-hydrogen) atoms. The van der Waals surface area contributed by atoms with Gasteiger partial charge in [0.2, 0.25) is 5.91 Å². The van der Waals surface area contributed by atoms with Crippen LogP contribution in [-0.4, -0.2) is 54.5 Å². The molecular formula is C22H29N3O2. The Hall–Kier alpha value is -2.40. The average molecular weight is 367 g/mol. The third-order valence-electron chi connectivity index (χ3n) is 5.02. The number of hydrogen-bond donors (Lipinski definition) is 0. The van der Waals surface area contributed by atoms with E-state index in [9.17, 15) is 4.79 Å². The zero-order valence-corrected chi connectivity index (χ0v) is 16.5. The van der Waals surface area contributed by atoms with Gasteiger partial charge < -0.3 is 9.64 Å². The van der Waals surface area contributed by atoms with Crippen molar-refractivity contribution in [1.29, 1.82) is 0 Å². The molecule has 1 aliphatic heterocycles. The van der Waals surface area contributed by atoms with Crippen molar-refractivity contribution < 1.29 is 9.53 Å². The number of likely N-dealkylation sites (tertiary alicyclic amines) is 1.